The Morgan fingerprint density at radius 1 is 1.00 bits per heavy atom. The van der Waals surface area contributed by atoms with Crippen LogP contribution in [0.2, 0.25) is 0 Å². The fourth-order valence-corrected chi connectivity index (χ4v) is 3.86. The maximum absolute atomic E-state index is 13.5. The fourth-order valence-electron chi connectivity index (χ4n) is 3.86. The van der Waals surface area contributed by atoms with E-state index in [4.69, 9.17) is 0 Å². The summed E-state index contributed by atoms with van der Waals surface area (Å²) in [5.74, 6) is -3.58. The molecule has 3 atom stereocenters. The van der Waals surface area contributed by atoms with Crippen molar-refractivity contribution >= 4 is 28.6 Å². The number of aliphatic carboxylic acids is 1. The van der Waals surface area contributed by atoms with Crippen LogP contribution in [0.5, 0.6) is 0 Å². The highest BCUT2D eigenvalue weighted by molar-refractivity contribution is 6.11. The number of aliphatic hydroxyl groups is 1. The first kappa shape index (κ1) is 23.2. The number of aromatic amines is 1. The molecule has 1 heterocycles. The third-order valence-electron chi connectivity index (χ3n) is 5.47. The number of ketones is 1. The largest absolute Gasteiger partial charge is 0.479 e. The van der Waals surface area contributed by atoms with Gasteiger partial charge in [0, 0.05) is 29.1 Å². The van der Waals surface area contributed by atoms with Gasteiger partial charge in [0.15, 0.2) is 11.9 Å². The van der Waals surface area contributed by atoms with Crippen LogP contribution in [0.3, 0.4) is 0 Å². The summed E-state index contributed by atoms with van der Waals surface area (Å²) in [5.41, 5.74) is 2.10. The van der Waals surface area contributed by atoms with Crippen molar-refractivity contribution in [1.82, 2.24) is 10.3 Å². The quantitative estimate of drug-likeness (QED) is 0.364. The average Bonchev–Trinajstić information content (AvgIpc) is 3.20. The third-order valence-corrected chi connectivity index (χ3v) is 5.47. The van der Waals surface area contributed by atoms with Gasteiger partial charge in [0.1, 0.15) is 0 Å². The summed E-state index contributed by atoms with van der Waals surface area (Å²) in [5, 5.41) is 22.9. The van der Waals surface area contributed by atoms with Gasteiger partial charge in [-0.1, -0.05) is 62.4 Å². The van der Waals surface area contributed by atoms with E-state index in [1.807, 2.05) is 68.4 Å². The minimum absolute atomic E-state index is 0.0170. The zero-order valence-electron chi connectivity index (χ0n) is 18.1. The summed E-state index contributed by atoms with van der Waals surface area (Å²) in [6, 6.07) is 15.7. The van der Waals surface area contributed by atoms with Gasteiger partial charge in [-0.15, -0.1) is 0 Å². The normalized spacial score (nSPS) is 14.1. The smallest absolute Gasteiger partial charge is 0.333 e. The molecule has 0 saturated carbocycles. The molecule has 2 aromatic carbocycles. The van der Waals surface area contributed by atoms with Crippen molar-refractivity contribution in [2.75, 3.05) is 0 Å². The van der Waals surface area contributed by atoms with Crippen LogP contribution >= 0.6 is 0 Å². The Kier molecular flexibility index (Phi) is 7.43. The summed E-state index contributed by atoms with van der Waals surface area (Å²) >= 11 is 0. The van der Waals surface area contributed by atoms with Gasteiger partial charge in [-0.05, 0) is 24.0 Å². The molecule has 3 aromatic rings. The summed E-state index contributed by atoms with van der Waals surface area (Å²) in [7, 11) is 0. The number of hydrogen-bond acceptors (Lipinski definition) is 4. The molecule has 0 fully saturated rings. The Labute approximate surface area is 186 Å². The van der Waals surface area contributed by atoms with E-state index >= 15 is 0 Å². The Morgan fingerprint density at radius 2 is 1.66 bits per heavy atom. The number of carbonyl (C=O) groups is 3. The van der Waals surface area contributed by atoms with Crippen molar-refractivity contribution in [1.29, 1.82) is 0 Å². The van der Waals surface area contributed by atoms with Crippen LogP contribution < -0.4 is 5.32 Å². The van der Waals surface area contributed by atoms with Gasteiger partial charge >= 0.3 is 5.97 Å². The lowest BCUT2D eigenvalue weighted by Crippen LogP contribution is -2.49. The average molecular weight is 437 g/mol. The van der Waals surface area contributed by atoms with E-state index < -0.39 is 29.9 Å². The lowest BCUT2D eigenvalue weighted by Gasteiger charge is -2.25. The zero-order chi connectivity index (χ0) is 23.3. The summed E-state index contributed by atoms with van der Waals surface area (Å²) in [6.07, 6.45) is 0.189. The number of nitrogens with one attached hydrogen (secondary N) is 2. The maximum atomic E-state index is 13.5. The Balaban J connectivity index is 1.92. The Hall–Kier alpha value is -3.45. The second kappa shape index (κ2) is 10.2. The zero-order valence-corrected chi connectivity index (χ0v) is 18.1. The first-order valence-corrected chi connectivity index (χ1v) is 10.6. The van der Waals surface area contributed by atoms with Crippen molar-refractivity contribution in [3.8, 4) is 0 Å². The number of carbonyl (C=O) groups excluding carboxylic acids is 2. The molecule has 0 aliphatic heterocycles. The monoisotopic (exact) mass is 436 g/mol. The number of carboxylic acid groups (broad SMARTS) is 1. The van der Waals surface area contributed by atoms with E-state index in [1.54, 1.807) is 6.20 Å². The van der Waals surface area contributed by atoms with Gasteiger partial charge in [0.2, 0.25) is 5.91 Å². The van der Waals surface area contributed by atoms with Gasteiger partial charge in [-0.3, -0.25) is 9.59 Å². The van der Waals surface area contributed by atoms with Crippen LogP contribution in [0.1, 0.15) is 36.2 Å². The number of amides is 1. The molecule has 1 aromatic heterocycles. The van der Waals surface area contributed by atoms with Crippen LogP contribution in [0, 0.1) is 11.8 Å². The minimum atomic E-state index is -1.85. The number of fused-ring (bicyclic) bond motifs is 1. The number of rotatable bonds is 10. The van der Waals surface area contributed by atoms with Crippen molar-refractivity contribution in [3.05, 3.63) is 71.9 Å². The second-order valence-electron chi connectivity index (χ2n) is 8.38. The van der Waals surface area contributed by atoms with Gasteiger partial charge in [-0.25, -0.2) is 4.79 Å². The molecule has 1 amide bonds. The van der Waals surface area contributed by atoms with Crippen LogP contribution in [0.4, 0.5) is 0 Å². The topological polar surface area (TPSA) is 119 Å². The molecular weight excluding hydrogens is 408 g/mol. The molecule has 168 valence electrons. The Bertz CT molecular complexity index is 1090. The molecule has 7 nitrogen and oxygen atoms in total. The van der Waals surface area contributed by atoms with Crippen LogP contribution in [-0.4, -0.2) is 45.0 Å². The molecule has 0 aliphatic rings. The highest BCUT2D eigenvalue weighted by atomic mass is 16.4. The molecule has 0 bridgehead atoms. The van der Waals surface area contributed by atoms with Crippen molar-refractivity contribution < 1.29 is 24.6 Å². The highest BCUT2D eigenvalue weighted by Gasteiger charge is 2.35. The molecule has 32 heavy (non-hydrogen) atoms. The van der Waals surface area contributed by atoms with E-state index in [0.29, 0.717) is 5.56 Å². The lowest BCUT2D eigenvalue weighted by atomic mass is 9.90. The molecule has 7 heteroatoms. The predicted molar refractivity (Wildman–Crippen MR) is 121 cm³/mol. The summed E-state index contributed by atoms with van der Waals surface area (Å²) < 4.78 is 0. The van der Waals surface area contributed by atoms with E-state index in [0.717, 1.165) is 16.5 Å². The van der Waals surface area contributed by atoms with Crippen LogP contribution in [0.15, 0.2) is 60.8 Å². The standard InChI is InChI=1S/C25H28N2O5/c1-15(2)12-18(23(29)25(31)32)24(30)27-21(13-16-8-4-3-5-9-16)22(28)19-14-26-20-11-7-6-10-17(19)20/h3-11,14-15,18,21,23,26,29H,12-13H2,1-2H3,(H,27,30)(H,31,32)/t18-,21-,23+/m1/s1. The molecule has 3 rings (SSSR count). The third kappa shape index (κ3) is 5.42. The van der Waals surface area contributed by atoms with E-state index in [1.165, 1.54) is 0 Å². The number of carboxylic acids is 1. The molecule has 0 saturated heterocycles. The number of aliphatic hydroxyl groups excluding tert-OH is 1. The SMILES string of the molecule is CC(C)C[C@@H](C(=O)N[C@H](Cc1ccccc1)C(=O)c1c[nH]c2ccccc12)[C@H](O)C(=O)O. The molecule has 0 spiro atoms. The van der Waals surface area contributed by atoms with Crippen molar-refractivity contribution in [2.45, 2.75) is 38.8 Å². The highest BCUT2D eigenvalue weighted by Crippen LogP contribution is 2.22. The van der Waals surface area contributed by atoms with Crippen LogP contribution in [-0.2, 0) is 16.0 Å². The number of H-pyrrole nitrogens is 1. The number of benzene rings is 2. The van der Waals surface area contributed by atoms with E-state index in [2.05, 4.69) is 10.3 Å². The predicted octanol–water partition coefficient (Wildman–Crippen LogP) is 3.19. The Morgan fingerprint density at radius 3 is 2.31 bits per heavy atom. The van der Waals surface area contributed by atoms with Gasteiger partial charge in [0.05, 0.1) is 12.0 Å². The van der Waals surface area contributed by atoms with Gasteiger partial charge < -0.3 is 20.5 Å². The number of para-hydroxylation sites is 1. The lowest BCUT2D eigenvalue weighted by molar-refractivity contribution is -0.154. The second-order valence-corrected chi connectivity index (χ2v) is 8.38. The fraction of sp³-hybridized carbons (Fsp3) is 0.320. The summed E-state index contributed by atoms with van der Waals surface area (Å²) in [6.45, 7) is 3.68. The number of Topliss-reactive ketones (excluding diaryl/α,β-unsaturated/α-hetero) is 1. The first-order valence-electron chi connectivity index (χ1n) is 10.6. The number of aromatic nitrogens is 1. The molecule has 0 aliphatic carbocycles. The van der Waals surface area contributed by atoms with Crippen LogP contribution in [0.25, 0.3) is 10.9 Å². The molecular formula is C25H28N2O5. The van der Waals surface area contributed by atoms with E-state index in [-0.39, 0.29) is 24.5 Å². The maximum Gasteiger partial charge on any atom is 0.333 e. The molecule has 0 radical (unpaired) electrons. The van der Waals surface area contributed by atoms with Gasteiger partial charge in [-0.2, -0.15) is 0 Å². The summed E-state index contributed by atoms with van der Waals surface area (Å²) in [4.78, 5) is 41.0. The molecule has 0 unspecified atom stereocenters. The molecule has 4 N–H and O–H groups in total. The minimum Gasteiger partial charge on any atom is -0.479 e. The van der Waals surface area contributed by atoms with Crippen molar-refractivity contribution in [3.63, 3.8) is 0 Å². The number of hydrogen-bond donors (Lipinski definition) is 4. The van der Waals surface area contributed by atoms with Gasteiger partial charge in [0.25, 0.3) is 0 Å². The first-order chi connectivity index (χ1) is 15.3. The van der Waals surface area contributed by atoms with Crippen molar-refractivity contribution in [2.24, 2.45) is 11.8 Å². The van der Waals surface area contributed by atoms with E-state index in [9.17, 15) is 24.6 Å².